The molecule has 0 spiro atoms. The number of hydrogen-bond acceptors (Lipinski definition) is 2. The van der Waals surface area contributed by atoms with Crippen molar-refractivity contribution in [2.75, 3.05) is 5.32 Å². The highest BCUT2D eigenvalue weighted by atomic mass is 35.5. The fraction of sp³-hybridized carbons (Fsp3) is 0. The second kappa shape index (κ2) is 6.77. The molecule has 0 bridgehead atoms. The number of carbonyl (C=O) groups excluding carboxylic acids is 1. The molecule has 0 radical (unpaired) electrons. The van der Waals surface area contributed by atoms with Gasteiger partial charge in [0.15, 0.2) is 0 Å². The van der Waals surface area contributed by atoms with E-state index in [1.807, 2.05) is 42.5 Å². The summed E-state index contributed by atoms with van der Waals surface area (Å²) in [7, 11) is 0. The molecular formula is C18H13ClN2OS. The molecule has 0 atom stereocenters. The molecule has 0 aromatic heterocycles. The average molecular weight is 341 g/mol. The van der Waals surface area contributed by atoms with Gasteiger partial charge in [-0.3, -0.25) is 5.32 Å². The summed E-state index contributed by atoms with van der Waals surface area (Å²) in [6.45, 7) is 0. The lowest BCUT2D eigenvalue weighted by atomic mass is 10.0. The van der Waals surface area contributed by atoms with Crippen molar-refractivity contribution in [2.24, 2.45) is 0 Å². The van der Waals surface area contributed by atoms with Crippen LogP contribution in [0.5, 0.6) is 0 Å². The number of amides is 2. The van der Waals surface area contributed by atoms with Gasteiger partial charge in [-0.2, -0.15) is 0 Å². The molecule has 3 aromatic rings. The van der Waals surface area contributed by atoms with Gasteiger partial charge in [0.2, 0.25) is 0 Å². The largest absolute Gasteiger partial charge is 0.324 e. The predicted molar refractivity (Wildman–Crippen MR) is 99.3 cm³/mol. The van der Waals surface area contributed by atoms with Crippen molar-refractivity contribution in [1.29, 1.82) is 0 Å². The summed E-state index contributed by atoms with van der Waals surface area (Å²) in [5, 5.41) is 8.12. The van der Waals surface area contributed by atoms with Gasteiger partial charge in [0.05, 0.1) is 0 Å². The van der Waals surface area contributed by atoms with Gasteiger partial charge in [0, 0.05) is 16.3 Å². The first-order chi connectivity index (χ1) is 11.1. The molecule has 0 fully saturated rings. The monoisotopic (exact) mass is 340 g/mol. The Morgan fingerprint density at radius 2 is 1.61 bits per heavy atom. The predicted octanol–water partition coefficient (Wildman–Crippen LogP) is 4.99. The second-order valence-electron chi connectivity index (χ2n) is 4.94. The van der Waals surface area contributed by atoms with Crippen LogP contribution < -0.4 is 10.6 Å². The van der Waals surface area contributed by atoms with Crippen LogP contribution >= 0.6 is 23.8 Å². The van der Waals surface area contributed by atoms with Gasteiger partial charge >= 0.3 is 6.03 Å². The van der Waals surface area contributed by atoms with Crippen LogP contribution in [0.4, 0.5) is 10.5 Å². The first-order valence-electron chi connectivity index (χ1n) is 6.99. The molecule has 3 rings (SSSR count). The third-order valence-electron chi connectivity index (χ3n) is 3.36. The summed E-state index contributed by atoms with van der Waals surface area (Å²) in [5.41, 5.74) is 1.47. The van der Waals surface area contributed by atoms with Crippen molar-refractivity contribution in [3.05, 3.63) is 77.3 Å². The first kappa shape index (κ1) is 15.5. The van der Waals surface area contributed by atoms with Crippen LogP contribution in [0.1, 0.15) is 5.56 Å². The fourth-order valence-electron chi connectivity index (χ4n) is 2.29. The molecule has 3 nitrogen and oxygen atoms in total. The second-order valence-corrected chi connectivity index (χ2v) is 5.79. The highest BCUT2D eigenvalue weighted by molar-refractivity contribution is 7.80. The number of thiocarbonyl (C=S) groups is 1. The zero-order valence-electron chi connectivity index (χ0n) is 12.0. The van der Waals surface area contributed by atoms with Gasteiger partial charge in [0.25, 0.3) is 0 Å². The topological polar surface area (TPSA) is 41.1 Å². The minimum atomic E-state index is -0.384. The van der Waals surface area contributed by atoms with E-state index in [1.54, 1.807) is 24.3 Å². The number of urea groups is 1. The Morgan fingerprint density at radius 3 is 2.39 bits per heavy atom. The number of carbonyl (C=O) groups is 1. The van der Waals surface area contributed by atoms with E-state index in [9.17, 15) is 4.79 Å². The smallest absolute Gasteiger partial charge is 0.308 e. The van der Waals surface area contributed by atoms with Crippen LogP contribution in [-0.4, -0.2) is 11.0 Å². The summed E-state index contributed by atoms with van der Waals surface area (Å²) in [6, 6.07) is 20.2. The number of benzene rings is 3. The van der Waals surface area contributed by atoms with Crippen LogP contribution in [0.2, 0.25) is 5.02 Å². The number of nitrogens with one attached hydrogen (secondary N) is 2. The summed E-state index contributed by atoms with van der Waals surface area (Å²) < 4.78 is 0. The van der Waals surface area contributed by atoms with Crippen LogP contribution in [0.15, 0.2) is 66.7 Å². The van der Waals surface area contributed by atoms with E-state index in [0.29, 0.717) is 15.7 Å². The first-order valence-corrected chi connectivity index (χ1v) is 7.78. The van der Waals surface area contributed by atoms with Crippen LogP contribution in [0.25, 0.3) is 10.8 Å². The zero-order valence-corrected chi connectivity index (χ0v) is 13.6. The van der Waals surface area contributed by atoms with Crippen LogP contribution in [0.3, 0.4) is 0 Å². The van der Waals surface area contributed by atoms with Crippen LogP contribution in [0, 0.1) is 0 Å². The molecule has 0 aliphatic heterocycles. The Hall–Kier alpha value is -2.43. The van der Waals surface area contributed by atoms with Crippen LogP contribution in [-0.2, 0) is 0 Å². The summed E-state index contributed by atoms with van der Waals surface area (Å²) >= 11 is 11.2. The summed E-state index contributed by atoms with van der Waals surface area (Å²) in [4.78, 5) is 12.5. The van der Waals surface area contributed by atoms with Crippen molar-refractivity contribution < 1.29 is 4.79 Å². The third-order valence-corrected chi connectivity index (χ3v) is 3.94. The SMILES string of the molecule is O=C(NC(=S)c1cccc2ccccc12)Nc1ccc(Cl)cc1. The Kier molecular flexibility index (Phi) is 4.55. The molecular weight excluding hydrogens is 328 g/mol. The van der Waals surface area contributed by atoms with Gasteiger partial charge in [-0.1, -0.05) is 66.3 Å². The van der Waals surface area contributed by atoms with E-state index in [1.165, 1.54) is 0 Å². The standard InChI is InChI=1S/C18H13ClN2OS/c19-13-8-10-14(11-9-13)20-18(22)21-17(23)16-7-3-5-12-4-1-2-6-15(12)16/h1-11H,(H2,20,21,22,23). The van der Waals surface area contributed by atoms with E-state index in [4.69, 9.17) is 23.8 Å². The van der Waals surface area contributed by atoms with Gasteiger partial charge in [-0.15, -0.1) is 0 Å². The van der Waals surface area contributed by atoms with E-state index in [-0.39, 0.29) is 6.03 Å². The lowest BCUT2D eigenvalue weighted by Crippen LogP contribution is -2.33. The maximum absolute atomic E-state index is 12.1. The maximum atomic E-state index is 12.1. The third kappa shape index (κ3) is 3.67. The number of hydrogen-bond donors (Lipinski definition) is 2. The number of halogens is 1. The molecule has 0 heterocycles. The minimum absolute atomic E-state index is 0.383. The molecule has 3 aromatic carbocycles. The van der Waals surface area contributed by atoms with E-state index in [0.717, 1.165) is 16.3 Å². The van der Waals surface area contributed by atoms with Crippen molar-refractivity contribution in [3.63, 3.8) is 0 Å². The molecule has 2 amide bonds. The molecule has 0 aliphatic carbocycles. The van der Waals surface area contributed by atoms with Crippen molar-refractivity contribution >= 4 is 51.3 Å². The van der Waals surface area contributed by atoms with E-state index < -0.39 is 0 Å². The van der Waals surface area contributed by atoms with Gasteiger partial charge < -0.3 is 5.32 Å². The van der Waals surface area contributed by atoms with Crippen molar-refractivity contribution in [3.8, 4) is 0 Å². The number of fused-ring (bicyclic) bond motifs is 1. The lowest BCUT2D eigenvalue weighted by Gasteiger charge is -2.11. The van der Waals surface area contributed by atoms with Gasteiger partial charge in [-0.05, 0) is 35.0 Å². The highest BCUT2D eigenvalue weighted by Gasteiger charge is 2.09. The normalized spacial score (nSPS) is 10.3. The summed E-state index contributed by atoms with van der Waals surface area (Å²) in [6.07, 6.45) is 0. The van der Waals surface area contributed by atoms with E-state index in [2.05, 4.69) is 10.6 Å². The zero-order chi connectivity index (χ0) is 16.2. The lowest BCUT2D eigenvalue weighted by molar-refractivity contribution is 0.256. The summed E-state index contributed by atoms with van der Waals surface area (Å²) in [5.74, 6) is 0. The van der Waals surface area contributed by atoms with E-state index >= 15 is 0 Å². The molecule has 0 saturated heterocycles. The Labute approximate surface area is 144 Å². The Balaban J connectivity index is 1.75. The molecule has 114 valence electrons. The number of anilines is 1. The molecule has 5 heteroatoms. The molecule has 0 aliphatic rings. The van der Waals surface area contributed by atoms with Gasteiger partial charge in [0.1, 0.15) is 4.99 Å². The maximum Gasteiger partial charge on any atom is 0.324 e. The molecule has 0 unspecified atom stereocenters. The van der Waals surface area contributed by atoms with Crippen molar-refractivity contribution in [1.82, 2.24) is 5.32 Å². The quantitative estimate of drug-likeness (QED) is 0.645. The minimum Gasteiger partial charge on any atom is -0.308 e. The Bertz CT molecular complexity index is 872. The molecule has 23 heavy (non-hydrogen) atoms. The Morgan fingerprint density at radius 1 is 0.913 bits per heavy atom. The highest BCUT2D eigenvalue weighted by Crippen LogP contribution is 2.19. The van der Waals surface area contributed by atoms with Crippen molar-refractivity contribution in [2.45, 2.75) is 0 Å². The number of rotatable bonds is 2. The fourth-order valence-corrected chi connectivity index (χ4v) is 2.69. The average Bonchev–Trinajstić information content (AvgIpc) is 2.56. The molecule has 0 saturated carbocycles. The van der Waals surface area contributed by atoms with Gasteiger partial charge in [-0.25, -0.2) is 4.79 Å². The molecule has 2 N–H and O–H groups in total.